The summed E-state index contributed by atoms with van der Waals surface area (Å²) < 4.78 is 0. The minimum Gasteiger partial charge on any atom is -0.366 e. The molecule has 2 aliphatic heterocycles. The number of anilines is 1. The lowest BCUT2D eigenvalue weighted by molar-refractivity contribution is 0.318. The maximum Gasteiger partial charge on any atom is 0.126 e. The fourth-order valence-electron chi connectivity index (χ4n) is 2.99. The first-order valence-electron chi connectivity index (χ1n) is 6.26. The molecule has 2 fully saturated rings. The van der Waals surface area contributed by atoms with Crippen LogP contribution in [-0.2, 0) is 0 Å². The van der Waals surface area contributed by atoms with Crippen molar-refractivity contribution < 1.29 is 0 Å². The summed E-state index contributed by atoms with van der Waals surface area (Å²) in [6, 6.07) is 5.57. The van der Waals surface area contributed by atoms with Gasteiger partial charge in [0.1, 0.15) is 5.82 Å². The van der Waals surface area contributed by atoms with E-state index in [0.29, 0.717) is 6.04 Å². The van der Waals surface area contributed by atoms with Crippen molar-refractivity contribution in [3.05, 3.63) is 23.9 Å². The van der Waals surface area contributed by atoms with Crippen LogP contribution in [0.25, 0.3) is 0 Å². The minimum absolute atomic E-state index is 0.609. The summed E-state index contributed by atoms with van der Waals surface area (Å²) >= 11 is 0. The van der Waals surface area contributed by atoms with Crippen molar-refractivity contribution in [1.82, 2.24) is 9.88 Å². The molecule has 16 heavy (non-hydrogen) atoms. The monoisotopic (exact) mass is 217 g/mol. The molecule has 1 N–H and O–H groups in total. The van der Waals surface area contributed by atoms with Gasteiger partial charge in [-0.3, -0.25) is 4.90 Å². The third-order valence-corrected chi connectivity index (χ3v) is 3.85. The van der Waals surface area contributed by atoms with E-state index in [2.05, 4.69) is 34.3 Å². The smallest absolute Gasteiger partial charge is 0.126 e. The predicted octanol–water partition coefficient (Wildman–Crippen LogP) is 2.04. The molecule has 0 saturated carbocycles. The zero-order chi connectivity index (χ0) is 11.0. The number of pyridine rings is 1. The summed E-state index contributed by atoms with van der Waals surface area (Å²) in [5.41, 5.74) is 1.22. The summed E-state index contributed by atoms with van der Waals surface area (Å²) in [7, 11) is 0. The molecule has 3 heteroatoms. The molecule has 3 rings (SSSR count). The van der Waals surface area contributed by atoms with Crippen LogP contribution in [-0.4, -0.2) is 35.1 Å². The second-order valence-electron chi connectivity index (χ2n) is 5.01. The van der Waals surface area contributed by atoms with Crippen molar-refractivity contribution in [3.8, 4) is 0 Å². The van der Waals surface area contributed by atoms with E-state index >= 15 is 0 Å². The van der Waals surface area contributed by atoms with Crippen molar-refractivity contribution in [2.75, 3.05) is 18.4 Å². The summed E-state index contributed by atoms with van der Waals surface area (Å²) in [5.74, 6) is 1.03. The number of aryl methyl sites for hydroxylation is 1. The second kappa shape index (κ2) is 4.06. The van der Waals surface area contributed by atoms with Crippen molar-refractivity contribution in [3.63, 3.8) is 0 Å². The lowest BCUT2D eigenvalue weighted by Gasteiger charge is -2.21. The lowest BCUT2D eigenvalue weighted by Crippen LogP contribution is -2.33. The van der Waals surface area contributed by atoms with E-state index in [4.69, 9.17) is 0 Å². The van der Waals surface area contributed by atoms with Crippen LogP contribution in [0.5, 0.6) is 0 Å². The van der Waals surface area contributed by atoms with Crippen LogP contribution in [0.4, 0.5) is 5.82 Å². The molecule has 2 unspecified atom stereocenters. The SMILES string of the molecule is Cc1ccc(NC2CCN3CCCC23)nc1. The standard InChI is InChI=1S/C13H19N3/c1-10-4-5-13(14-9-10)15-11-6-8-16-7-2-3-12(11)16/h4-5,9,11-12H,2-3,6-8H2,1H3,(H,14,15). The van der Waals surface area contributed by atoms with Crippen molar-refractivity contribution >= 4 is 5.82 Å². The Bertz CT molecular complexity index is 360. The molecule has 3 nitrogen and oxygen atoms in total. The van der Waals surface area contributed by atoms with Crippen LogP contribution in [0.15, 0.2) is 18.3 Å². The van der Waals surface area contributed by atoms with Gasteiger partial charge in [-0.2, -0.15) is 0 Å². The van der Waals surface area contributed by atoms with Gasteiger partial charge < -0.3 is 5.32 Å². The molecule has 0 amide bonds. The van der Waals surface area contributed by atoms with Gasteiger partial charge in [-0.25, -0.2) is 4.98 Å². The number of nitrogens with zero attached hydrogens (tertiary/aromatic N) is 2. The molecule has 3 heterocycles. The van der Waals surface area contributed by atoms with E-state index in [1.54, 1.807) is 0 Å². The molecule has 0 aliphatic carbocycles. The minimum atomic E-state index is 0.609. The average molecular weight is 217 g/mol. The largest absolute Gasteiger partial charge is 0.366 e. The molecule has 1 aromatic rings. The third kappa shape index (κ3) is 1.80. The molecule has 86 valence electrons. The highest BCUT2D eigenvalue weighted by Crippen LogP contribution is 2.29. The van der Waals surface area contributed by atoms with Gasteiger partial charge in [0.2, 0.25) is 0 Å². The highest BCUT2D eigenvalue weighted by atomic mass is 15.2. The number of fused-ring (bicyclic) bond motifs is 1. The zero-order valence-corrected chi connectivity index (χ0v) is 9.82. The first-order chi connectivity index (χ1) is 7.83. The van der Waals surface area contributed by atoms with E-state index in [-0.39, 0.29) is 0 Å². The van der Waals surface area contributed by atoms with Crippen LogP contribution >= 0.6 is 0 Å². The highest BCUT2D eigenvalue weighted by molar-refractivity contribution is 5.37. The first kappa shape index (κ1) is 10.1. The number of hydrogen-bond donors (Lipinski definition) is 1. The Kier molecular flexibility index (Phi) is 2.56. The molecule has 1 aromatic heterocycles. The van der Waals surface area contributed by atoms with Crippen molar-refractivity contribution in [2.45, 2.75) is 38.3 Å². The Morgan fingerprint density at radius 1 is 1.31 bits per heavy atom. The zero-order valence-electron chi connectivity index (χ0n) is 9.82. The van der Waals surface area contributed by atoms with Gasteiger partial charge >= 0.3 is 0 Å². The van der Waals surface area contributed by atoms with Crippen LogP contribution in [0.2, 0.25) is 0 Å². The lowest BCUT2D eigenvalue weighted by atomic mass is 10.1. The third-order valence-electron chi connectivity index (χ3n) is 3.85. The summed E-state index contributed by atoms with van der Waals surface area (Å²) in [5, 5.41) is 3.59. The molecule has 2 saturated heterocycles. The molecule has 0 bridgehead atoms. The van der Waals surface area contributed by atoms with Gasteiger partial charge in [0.15, 0.2) is 0 Å². The molecule has 0 radical (unpaired) electrons. The molecule has 0 aromatic carbocycles. The molecule has 0 spiro atoms. The van der Waals surface area contributed by atoms with Crippen LogP contribution in [0.1, 0.15) is 24.8 Å². The fraction of sp³-hybridized carbons (Fsp3) is 0.615. The van der Waals surface area contributed by atoms with Crippen LogP contribution < -0.4 is 5.32 Å². The van der Waals surface area contributed by atoms with Crippen LogP contribution in [0.3, 0.4) is 0 Å². The van der Waals surface area contributed by atoms with Crippen molar-refractivity contribution in [1.29, 1.82) is 0 Å². The van der Waals surface area contributed by atoms with E-state index in [1.807, 2.05) is 6.20 Å². The maximum absolute atomic E-state index is 4.43. The topological polar surface area (TPSA) is 28.2 Å². The van der Waals surface area contributed by atoms with Gasteiger partial charge in [-0.15, -0.1) is 0 Å². The number of rotatable bonds is 2. The summed E-state index contributed by atoms with van der Waals surface area (Å²) in [4.78, 5) is 7.04. The van der Waals surface area contributed by atoms with E-state index < -0.39 is 0 Å². The molecule has 2 aliphatic rings. The Morgan fingerprint density at radius 3 is 3.06 bits per heavy atom. The Labute approximate surface area is 96.9 Å². The van der Waals surface area contributed by atoms with E-state index in [1.165, 1.54) is 37.9 Å². The Morgan fingerprint density at radius 2 is 2.25 bits per heavy atom. The second-order valence-corrected chi connectivity index (χ2v) is 5.01. The van der Waals surface area contributed by atoms with Gasteiger partial charge in [0.05, 0.1) is 0 Å². The normalized spacial score (nSPS) is 29.3. The maximum atomic E-state index is 4.43. The predicted molar refractivity (Wildman–Crippen MR) is 65.6 cm³/mol. The van der Waals surface area contributed by atoms with Gasteiger partial charge in [0, 0.05) is 24.8 Å². The average Bonchev–Trinajstić information content (AvgIpc) is 2.86. The van der Waals surface area contributed by atoms with E-state index in [0.717, 1.165) is 11.9 Å². The van der Waals surface area contributed by atoms with Gasteiger partial charge in [-0.1, -0.05) is 6.07 Å². The quantitative estimate of drug-likeness (QED) is 0.821. The van der Waals surface area contributed by atoms with Gasteiger partial charge in [-0.05, 0) is 44.4 Å². The Balaban J connectivity index is 1.68. The number of hydrogen-bond acceptors (Lipinski definition) is 3. The number of aromatic nitrogens is 1. The molecular formula is C13H19N3. The summed E-state index contributed by atoms with van der Waals surface area (Å²) in [6.07, 6.45) is 5.91. The Hall–Kier alpha value is -1.09. The number of nitrogens with one attached hydrogen (secondary N) is 1. The highest BCUT2D eigenvalue weighted by Gasteiger charge is 2.36. The first-order valence-corrected chi connectivity index (χ1v) is 6.26. The van der Waals surface area contributed by atoms with E-state index in [9.17, 15) is 0 Å². The van der Waals surface area contributed by atoms with Gasteiger partial charge in [0.25, 0.3) is 0 Å². The van der Waals surface area contributed by atoms with Crippen LogP contribution in [0, 0.1) is 6.92 Å². The molecular weight excluding hydrogens is 198 g/mol. The fourth-order valence-corrected chi connectivity index (χ4v) is 2.99. The van der Waals surface area contributed by atoms with Crippen molar-refractivity contribution in [2.24, 2.45) is 0 Å². The summed E-state index contributed by atoms with van der Waals surface area (Å²) in [6.45, 7) is 4.63. The molecule has 2 atom stereocenters.